The topological polar surface area (TPSA) is 102 Å². The zero-order valence-corrected chi connectivity index (χ0v) is 17.9. The van der Waals surface area contributed by atoms with Gasteiger partial charge in [-0.25, -0.2) is 18.4 Å². The molecule has 3 rings (SSSR count). The van der Waals surface area contributed by atoms with Crippen LogP contribution in [0.4, 0.5) is 0 Å². The molecule has 0 radical (unpaired) electrons. The summed E-state index contributed by atoms with van der Waals surface area (Å²) >= 11 is 0. The molecule has 0 saturated carbocycles. The van der Waals surface area contributed by atoms with Gasteiger partial charge in [-0.1, -0.05) is 6.42 Å². The van der Waals surface area contributed by atoms with Crippen LogP contribution in [0.15, 0.2) is 17.6 Å². The maximum absolute atomic E-state index is 12.8. The van der Waals surface area contributed by atoms with Gasteiger partial charge in [-0.2, -0.15) is 0 Å². The maximum atomic E-state index is 12.8. The van der Waals surface area contributed by atoms with Crippen molar-refractivity contribution in [3.05, 3.63) is 12.4 Å². The van der Waals surface area contributed by atoms with Gasteiger partial charge in [0, 0.05) is 30.4 Å². The molecule has 0 aromatic carbocycles. The van der Waals surface area contributed by atoms with Crippen molar-refractivity contribution in [2.75, 3.05) is 25.4 Å². The molecule has 2 fully saturated rings. The van der Waals surface area contributed by atoms with Crippen molar-refractivity contribution in [2.24, 2.45) is 0 Å². The molecule has 0 amide bonds. The van der Waals surface area contributed by atoms with E-state index in [-0.39, 0.29) is 23.6 Å². The van der Waals surface area contributed by atoms with Crippen molar-refractivity contribution < 1.29 is 22.8 Å². The third-order valence-corrected chi connectivity index (χ3v) is 7.59. The first-order valence-electron chi connectivity index (χ1n) is 9.81. The van der Waals surface area contributed by atoms with E-state index in [1.54, 1.807) is 0 Å². The lowest BCUT2D eigenvalue weighted by Crippen LogP contribution is -2.45. The number of aliphatic hydroxyl groups is 1. The molecular weight excluding hydrogens is 381 g/mol. The van der Waals surface area contributed by atoms with Gasteiger partial charge >= 0.3 is 7.12 Å². The summed E-state index contributed by atoms with van der Waals surface area (Å²) < 4.78 is 37.5. The minimum Gasteiger partial charge on any atom is -0.399 e. The molecule has 0 aliphatic carbocycles. The first-order valence-corrected chi connectivity index (χ1v) is 11.5. The largest absolute Gasteiger partial charge is 0.498 e. The highest BCUT2D eigenvalue weighted by atomic mass is 32.2. The first-order chi connectivity index (χ1) is 13.1. The normalized spacial score (nSPS) is 25.2. The van der Waals surface area contributed by atoms with Crippen LogP contribution >= 0.6 is 0 Å². The highest BCUT2D eigenvalue weighted by Gasteiger charge is 2.52. The molecule has 2 aliphatic rings. The lowest BCUT2D eigenvalue weighted by atomic mass is 9.81. The van der Waals surface area contributed by atoms with Crippen molar-refractivity contribution >= 4 is 22.4 Å². The monoisotopic (exact) mass is 411 g/mol. The van der Waals surface area contributed by atoms with Crippen LogP contribution in [-0.2, 0) is 19.1 Å². The number of hydrogen-bond donors (Lipinski definition) is 1. The van der Waals surface area contributed by atoms with Gasteiger partial charge in [0.05, 0.1) is 23.6 Å². The van der Waals surface area contributed by atoms with Gasteiger partial charge < -0.3 is 14.4 Å². The number of likely N-dealkylation sites (tertiary alicyclic amines) is 1. The Morgan fingerprint density at radius 2 is 1.79 bits per heavy atom. The number of hydrogen-bond acceptors (Lipinski definition) is 8. The van der Waals surface area contributed by atoms with Crippen molar-refractivity contribution in [3.63, 3.8) is 0 Å². The summed E-state index contributed by atoms with van der Waals surface area (Å²) in [4.78, 5) is 10.2. The summed E-state index contributed by atoms with van der Waals surface area (Å²) in [6.45, 7) is 9.13. The van der Waals surface area contributed by atoms with E-state index < -0.39 is 28.2 Å². The highest BCUT2D eigenvalue weighted by Crippen LogP contribution is 2.36. The van der Waals surface area contributed by atoms with Crippen molar-refractivity contribution in [3.8, 4) is 0 Å². The van der Waals surface area contributed by atoms with Crippen LogP contribution in [0.25, 0.3) is 0 Å². The summed E-state index contributed by atoms with van der Waals surface area (Å²) in [7, 11) is -4.25. The molecule has 1 aromatic heterocycles. The fourth-order valence-corrected chi connectivity index (χ4v) is 5.05. The van der Waals surface area contributed by atoms with E-state index in [4.69, 9.17) is 9.31 Å². The Hall–Kier alpha value is -1.07. The second-order valence-corrected chi connectivity index (χ2v) is 10.5. The van der Waals surface area contributed by atoms with Crippen LogP contribution < -0.4 is 5.46 Å². The zero-order chi connectivity index (χ0) is 20.6. The summed E-state index contributed by atoms with van der Waals surface area (Å²) in [6.07, 6.45) is 5.74. The predicted octanol–water partition coefficient (Wildman–Crippen LogP) is 0.396. The van der Waals surface area contributed by atoms with E-state index in [1.165, 1.54) is 12.4 Å². The second kappa shape index (κ2) is 7.99. The Labute approximate surface area is 167 Å². The number of piperidine rings is 1. The molecule has 156 valence electrons. The van der Waals surface area contributed by atoms with E-state index in [2.05, 4.69) is 9.97 Å². The Morgan fingerprint density at radius 1 is 1.18 bits per heavy atom. The van der Waals surface area contributed by atoms with Crippen LogP contribution in [0.3, 0.4) is 0 Å². The second-order valence-electron chi connectivity index (χ2n) is 8.58. The summed E-state index contributed by atoms with van der Waals surface area (Å²) in [5.74, 6) is -0.0389. The van der Waals surface area contributed by atoms with Crippen LogP contribution in [0, 0.1) is 0 Å². The molecule has 3 heterocycles. The Kier molecular flexibility index (Phi) is 6.17. The van der Waals surface area contributed by atoms with Gasteiger partial charge in [0.15, 0.2) is 0 Å². The first kappa shape index (κ1) is 21.6. The maximum Gasteiger partial charge on any atom is 0.498 e. The van der Waals surface area contributed by atoms with E-state index in [1.807, 2.05) is 32.6 Å². The van der Waals surface area contributed by atoms with Crippen LogP contribution in [0.1, 0.15) is 47.0 Å². The van der Waals surface area contributed by atoms with E-state index in [0.717, 1.165) is 25.8 Å². The van der Waals surface area contributed by atoms with Crippen LogP contribution in [-0.4, -0.2) is 78.2 Å². The number of sulfone groups is 1. The molecule has 28 heavy (non-hydrogen) atoms. The minimum atomic E-state index is -3.62. The average molecular weight is 411 g/mol. The molecule has 1 aromatic rings. The fraction of sp³-hybridized carbons (Fsp3) is 0.778. The Balaban J connectivity index is 1.72. The lowest BCUT2D eigenvalue weighted by Gasteiger charge is -2.34. The van der Waals surface area contributed by atoms with Crippen molar-refractivity contribution in [1.29, 1.82) is 0 Å². The Morgan fingerprint density at radius 3 is 2.36 bits per heavy atom. The van der Waals surface area contributed by atoms with Crippen molar-refractivity contribution in [1.82, 2.24) is 14.9 Å². The molecular formula is C18H30BN3O5S. The van der Waals surface area contributed by atoms with Gasteiger partial charge in [-0.15, -0.1) is 0 Å². The number of nitrogens with zero attached hydrogens (tertiary/aromatic N) is 3. The van der Waals surface area contributed by atoms with Gasteiger partial charge in [0.25, 0.3) is 0 Å². The van der Waals surface area contributed by atoms with Crippen LogP contribution in [0.2, 0.25) is 0 Å². The standard InChI is InChI=1S/C18H30BN3O5S/c1-17(2)18(3,4)27-19(26-17)14-11-20-16(21-12-14)28(24,25)13-15-7-5-6-8-22(15)9-10-23/h11-12,15,23H,5-10,13H2,1-4H3. The van der Waals surface area contributed by atoms with E-state index >= 15 is 0 Å². The molecule has 1 N–H and O–H groups in total. The van der Waals surface area contributed by atoms with Gasteiger partial charge in [-0.05, 0) is 47.1 Å². The molecule has 1 unspecified atom stereocenters. The van der Waals surface area contributed by atoms with Gasteiger partial charge in [-0.3, -0.25) is 4.90 Å². The smallest absolute Gasteiger partial charge is 0.399 e. The van der Waals surface area contributed by atoms with Crippen molar-refractivity contribution in [2.45, 2.75) is 69.4 Å². The molecule has 8 nitrogen and oxygen atoms in total. The molecule has 0 spiro atoms. The van der Waals surface area contributed by atoms with Gasteiger partial charge in [0.1, 0.15) is 0 Å². The number of aromatic nitrogens is 2. The lowest BCUT2D eigenvalue weighted by molar-refractivity contribution is 0.00578. The number of rotatable bonds is 6. The van der Waals surface area contributed by atoms with Gasteiger partial charge in [0.2, 0.25) is 15.0 Å². The summed E-state index contributed by atoms with van der Waals surface area (Å²) in [5.41, 5.74) is -0.378. The predicted molar refractivity (Wildman–Crippen MR) is 106 cm³/mol. The highest BCUT2D eigenvalue weighted by molar-refractivity contribution is 7.91. The fourth-order valence-electron chi connectivity index (χ4n) is 3.59. The molecule has 2 aliphatic heterocycles. The third-order valence-electron chi connectivity index (χ3n) is 6.00. The SMILES string of the molecule is CC1(C)OB(c2cnc(S(=O)(=O)CC3CCCCN3CCO)nc2)OC1(C)C. The van der Waals surface area contributed by atoms with E-state index in [0.29, 0.717) is 12.0 Å². The van der Waals surface area contributed by atoms with E-state index in [9.17, 15) is 13.5 Å². The third kappa shape index (κ3) is 4.41. The molecule has 10 heteroatoms. The molecule has 2 saturated heterocycles. The van der Waals surface area contributed by atoms with Crippen LogP contribution in [0.5, 0.6) is 0 Å². The summed E-state index contributed by atoms with van der Waals surface area (Å²) in [5, 5.41) is 9.04. The summed E-state index contributed by atoms with van der Waals surface area (Å²) in [6, 6.07) is -0.114. The molecule has 0 bridgehead atoms. The number of aliphatic hydroxyl groups excluding tert-OH is 1. The zero-order valence-electron chi connectivity index (χ0n) is 17.1. The average Bonchev–Trinajstić information content (AvgIpc) is 2.84. The molecule has 1 atom stereocenters. The number of β-amino-alcohol motifs (C(OH)–C–C–N with tert-alkyl or cyclic N) is 1. The minimum absolute atomic E-state index is 0.0236. The Bertz CT molecular complexity index is 767. The quantitative estimate of drug-likeness (QED) is 0.530.